The van der Waals surface area contributed by atoms with Gasteiger partial charge >= 0.3 is 0 Å². The molecule has 0 aromatic heterocycles. The Kier molecular flexibility index (Phi) is 66.1. The van der Waals surface area contributed by atoms with Crippen LogP contribution < -0.4 is 10.6 Å². The average Bonchev–Trinajstić information content (AvgIpc) is 1.89. The molecule has 0 rings (SSSR count). The first-order valence-electron chi connectivity index (χ1n) is 3.28. The molecule has 0 aliphatic heterocycles. The van der Waals surface area contributed by atoms with Crippen LogP contribution in [0, 0.1) is 0 Å². The maximum Gasteiger partial charge on any atom is 0.0591 e. The summed E-state index contributed by atoms with van der Waals surface area (Å²) in [6, 6.07) is 0. The molecular weight excluding hydrogens is 232 g/mol. The van der Waals surface area contributed by atoms with Gasteiger partial charge in [-0.2, -0.15) is 0 Å². The van der Waals surface area contributed by atoms with Crippen LogP contribution in [0.3, 0.4) is 0 Å². The van der Waals surface area contributed by atoms with Crippen molar-refractivity contribution in [2.75, 3.05) is 40.4 Å². The minimum atomic E-state index is 0. The van der Waals surface area contributed by atoms with Gasteiger partial charge in [0.05, 0.1) is 13.2 Å². The number of likely N-dealkylation sites (N-methyl/N-ethyl adjacent to an activating group) is 2. The van der Waals surface area contributed by atoms with Gasteiger partial charge in [0.15, 0.2) is 0 Å². The van der Waals surface area contributed by atoms with Crippen LogP contribution in [0.5, 0.6) is 0 Å². The van der Waals surface area contributed by atoms with Crippen molar-refractivity contribution in [1.82, 2.24) is 10.6 Å². The van der Waals surface area contributed by atoms with Crippen LogP contribution in [0.1, 0.15) is 22.3 Å². The lowest BCUT2D eigenvalue weighted by Crippen LogP contribution is -2.19. The van der Waals surface area contributed by atoms with Crippen LogP contribution in [0.4, 0.5) is 0 Å². The summed E-state index contributed by atoms with van der Waals surface area (Å²) in [6.45, 7) is 3.48. The van der Waals surface area contributed by atoms with Gasteiger partial charge in [-0.3, -0.25) is 0 Å². The van der Waals surface area contributed by atoms with Gasteiger partial charge in [-0.15, -0.1) is 17.0 Å². The van der Waals surface area contributed by atoms with Crippen LogP contribution in [-0.4, -0.2) is 40.4 Å². The fourth-order valence-electron chi connectivity index (χ4n) is 0.451. The van der Waals surface area contributed by atoms with Crippen molar-refractivity contribution in [1.29, 1.82) is 0 Å². The molecule has 4 heteroatoms. The van der Waals surface area contributed by atoms with Crippen LogP contribution in [0.15, 0.2) is 0 Å². The Morgan fingerprint density at radius 3 is 1.38 bits per heavy atom. The summed E-state index contributed by atoms with van der Waals surface area (Å²) in [7, 11) is 3.84. The summed E-state index contributed by atoms with van der Waals surface area (Å²) in [4.78, 5) is 0. The molecule has 0 aliphatic rings. The van der Waals surface area contributed by atoms with Gasteiger partial charge in [0.1, 0.15) is 0 Å². The van der Waals surface area contributed by atoms with Gasteiger partial charge in [0, 0.05) is 13.1 Å². The number of rotatable bonds is 6. The van der Waals surface area contributed by atoms with E-state index >= 15 is 0 Å². The van der Waals surface area contributed by atoms with Crippen LogP contribution in [-0.2, 0) is 4.74 Å². The molecule has 0 radical (unpaired) electrons. The predicted octanol–water partition coefficient (Wildman–Crippen LogP) is 1.93. The second-order valence-corrected chi connectivity index (χ2v) is 1.82. The Hall–Kier alpha value is 0.360. The van der Waals surface area contributed by atoms with Crippen molar-refractivity contribution in [3.05, 3.63) is 0 Å². The lowest BCUT2D eigenvalue weighted by Gasteiger charge is -2.01. The second-order valence-electron chi connectivity index (χ2n) is 1.82. The lowest BCUT2D eigenvalue weighted by molar-refractivity contribution is 0.140. The molecule has 0 atom stereocenters. The molecule has 88 valence electrons. The fraction of sp³-hybridized carbons (Fsp3) is 1.00. The summed E-state index contributed by atoms with van der Waals surface area (Å²) in [5, 5.41) is 6.00. The van der Waals surface area contributed by atoms with Crippen molar-refractivity contribution in [3.8, 4) is 0 Å². The van der Waals surface area contributed by atoms with Gasteiger partial charge in [-0.25, -0.2) is 0 Å². The van der Waals surface area contributed by atoms with Crippen molar-refractivity contribution in [2.24, 2.45) is 0 Å². The Bertz CT molecular complexity index is 50.9. The SMILES string of the molecule is Br.C.C.C.CNCCOCCNC. The molecule has 0 saturated heterocycles. The summed E-state index contributed by atoms with van der Waals surface area (Å²) in [5.41, 5.74) is 0. The number of halogens is 1. The Morgan fingerprint density at radius 2 is 1.15 bits per heavy atom. The standard InChI is InChI=1S/C6H16N2O.3CH4.BrH/c1-7-3-5-9-6-4-8-2;;;;/h7-8H,3-6H2,1-2H3;3*1H4;1H. The first kappa shape index (κ1) is 29.2. The van der Waals surface area contributed by atoms with E-state index in [4.69, 9.17) is 4.74 Å². The maximum absolute atomic E-state index is 5.19. The Balaban J connectivity index is -0.0000000533. The van der Waals surface area contributed by atoms with Gasteiger partial charge in [0.2, 0.25) is 0 Å². The highest BCUT2D eigenvalue weighted by molar-refractivity contribution is 8.93. The van der Waals surface area contributed by atoms with Crippen molar-refractivity contribution < 1.29 is 4.74 Å². The highest BCUT2D eigenvalue weighted by Gasteiger charge is 1.83. The predicted molar refractivity (Wildman–Crippen MR) is 69.2 cm³/mol. The number of hydrogen-bond acceptors (Lipinski definition) is 3. The van der Waals surface area contributed by atoms with Crippen LogP contribution in [0.25, 0.3) is 0 Å². The van der Waals surface area contributed by atoms with E-state index in [9.17, 15) is 0 Å². The highest BCUT2D eigenvalue weighted by atomic mass is 79.9. The third-order valence-corrected chi connectivity index (χ3v) is 0.993. The van der Waals surface area contributed by atoms with E-state index in [-0.39, 0.29) is 39.3 Å². The topological polar surface area (TPSA) is 33.3 Å². The van der Waals surface area contributed by atoms with E-state index in [2.05, 4.69) is 10.6 Å². The lowest BCUT2D eigenvalue weighted by atomic mass is 10.6. The van der Waals surface area contributed by atoms with E-state index in [1.165, 1.54) is 0 Å². The fourth-order valence-corrected chi connectivity index (χ4v) is 0.451. The van der Waals surface area contributed by atoms with Crippen molar-refractivity contribution >= 4 is 17.0 Å². The zero-order chi connectivity index (χ0) is 6.95. The van der Waals surface area contributed by atoms with E-state index in [1.54, 1.807) is 0 Å². The van der Waals surface area contributed by atoms with Gasteiger partial charge in [-0.1, -0.05) is 22.3 Å². The van der Waals surface area contributed by atoms with Gasteiger partial charge in [0.25, 0.3) is 0 Å². The Labute approximate surface area is 95.4 Å². The summed E-state index contributed by atoms with van der Waals surface area (Å²) in [6.07, 6.45) is 0. The van der Waals surface area contributed by atoms with Crippen molar-refractivity contribution in [2.45, 2.75) is 22.3 Å². The largest absolute Gasteiger partial charge is 0.379 e. The molecule has 3 nitrogen and oxygen atoms in total. The minimum absolute atomic E-state index is 0. The monoisotopic (exact) mass is 260 g/mol. The molecule has 0 fully saturated rings. The minimum Gasteiger partial charge on any atom is -0.379 e. The van der Waals surface area contributed by atoms with E-state index in [0.717, 1.165) is 26.3 Å². The van der Waals surface area contributed by atoms with E-state index < -0.39 is 0 Å². The smallest absolute Gasteiger partial charge is 0.0591 e. The summed E-state index contributed by atoms with van der Waals surface area (Å²) < 4.78 is 5.19. The van der Waals surface area contributed by atoms with Crippen molar-refractivity contribution in [3.63, 3.8) is 0 Å². The van der Waals surface area contributed by atoms with Gasteiger partial charge in [-0.05, 0) is 14.1 Å². The van der Waals surface area contributed by atoms with E-state index in [1.807, 2.05) is 14.1 Å². The molecular formula is C9H29BrN2O. The molecule has 13 heavy (non-hydrogen) atoms. The molecule has 0 saturated carbocycles. The molecule has 0 amide bonds. The third kappa shape index (κ3) is 32.8. The number of hydrogen-bond donors (Lipinski definition) is 2. The third-order valence-electron chi connectivity index (χ3n) is 0.993. The quantitative estimate of drug-likeness (QED) is 0.717. The molecule has 0 unspecified atom stereocenters. The molecule has 0 aromatic rings. The van der Waals surface area contributed by atoms with E-state index in [0.29, 0.717) is 0 Å². The number of nitrogens with one attached hydrogen (secondary N) is 2. The molecule has 2 N–H and O–H groups in total. The zero-order valence-corrected chi connectivity index (χ0v) is 8.36. The van der Waals surface area contributed by atoms with Crippen LogP contribution in [0.2, 0.25) is 0 Å². The first-order valence-corrected chi connectivity index (χ1v) is 3.28. The first-order chi connectivity index (χ1) is 4.41. The maximum atomic E-state index is 5.19. The molecule has 0 spiro atoms. The molecule has 0 heterocycles. The average molecular weight is 261 g/mol. The van der Waals surface area contributed by atoms with Gasteiger partial charge < -0.3 is 15.4 Å². The van der Waals surface area contributed by atoms with Crippen LogP contribution >= 0.6 is 17.0 Å². The number of ether oxygens (including phenoxy) is 1. The summed E-state index contributed by atoms with van der Waals surface area (Å²) in [5.74, 6) is 0. The Morgan fingerprint density at radius 1 is 0.846 bits per heavy atom. The zero-order valence-electron chi connectivity index (χ0n) is 6.64. The summed E-state index contributed by atoms with van der Waals surface area (Å²) >= 11 is 0. The molecule has 0 aliphatic carbocycles. The molecule has 0 aromatic carbocycles. The highest BCUT2D eigenvalue weighted by Crippen LogP contribution is 1.69. The molecule has 0 bridgehead atoms. The normalized spacial score (nSPS) is 6.92. The second kappa shape index (κ2) is 29.4.